The van der Waals surface area contributed by atoms with Gasteiger partial charge >= 0.3 is 5.97 Å². The molecule has 1 aromatic rings. The molecule has 1 aliphatic carbocycles. The first kappa shape index (κ1) is 15.0. The van der Waals surface area contributed by atoms with Crippen molar-refractivity contribution in [2.45, 2.75) is 25.7 Å². The van der Waals surface area contributed by atoms with Crippen LogP contribution in [0.1, 0.15) is 25.7 Å². The molecule has 0 aliphatic heterocycles. The van der Waals surface area contributed by atoms with Crippen LogP contribution in [0.4, 0.5) is 10.1 Å². The van der Waals surface area contributed by atoms with Gasteiger partial charge in [0.15, 0.2) is 0 Å². The van der Waals surface area contributed by atoms with Gasteiger partial charge in [0.25, 0.3) is 0 Å². The summed E-state index contributed by atoms with van der Waals surface area (Å²) in [6.07, 6.45) is 2.78. The van der Waals surface area contributed by atoms with E-state index in [1.165, 1.54) is 18.2 Å². The number of benzene rings is 1. The Labute approximate surface area is 124 Å². The molecule has 1 aliphatic rings. The molecule has 108 valence electrons. The topological polar surface area (TPSA) is 66.4 Å². The molecule has 2 rings (SSSR count). The lowest BCUT2D eigenvalue weighted by molar-refractivity contribution is -0.147. The molecular formula is C14H15BrFNO3. The highest BCUT2D eigenvalue weighted by molar-refractivity contribution is 9.10. The predicted octanol–water partition coefficient (Wildman–Crippen LogP) is 3.42. The number of carboxylic acids is 1. The standard InChI is InChI=1S/C14H15BrFNO3/c15-11-7-8(16)5-6-12(11)17-13(18)9-3-1-2-4-10(9)14(19)20/h5-7,9-10H,1-4H2,(H,17,18)(H,19,20)/t9-,10+/m1/s1. The first-order valence-corrected chi connectivity index (χ1v) is 7.27. The fraction of sp³-hybridized carbons (Fsp3) is 0.429. The average molecular weight is 344 g/mol. The van der Waals surface area contributed by atoms with E-state index < -0.39 is 23.6 Å². The van der Waals surface area contributed by atoms with Crippen molar-refractivity contribution in [2.24, 2.45) is 11.8 Å². The third kappa shape index (κ3) is 3.36. The minimum atomic E-state index is -0.928. The second-order valence-electron chi connectivity index (χ2n) is 4.95. The first-order valence-electron chi connectivity index (χ1n) is 6.48. The second-order valence-corrected chi connectivity index (χ2v) is 5.80. The van der Waals surface area contributed by atoms with Crippen molar-refractivity contribution in [1.29, 1.82) is 0 Å². The Balaban J connectivity index is 2.12. The molecule has 0 bridgehead atoms. The van der Waals surface area contributed by atoms with Gasteiger partial charge in [0.1, 0.15) is 5.82 Å². The maximum absolute atomic E-state index is 13.0. The molecular weight excluding hydrogens is 329 g/mol. The summed E-state index contributed by atoms with van der Waals surface area (Å²) in [6, 6.07) is 3.96. The van der Waals surface area contributed by atoms with Crippen molar-refractivity contribution < 1.29 is 19.1 Å². The number of amides is 1. The number of halogens is 2. The summed E-state index contributed by atoms with van der Waals surface area (Å²) >= 11 is 3.17. The van der Waals surface area contributed by atoms with Crippen molar-refractivity contribution in [2.75, 3.05) is 5.32 Å². The van der Waals surface area contributed by atoms with Crippen LogP contribution in [-0.4, -0.2) is 17.0 Å². The van der Waals surface area contributed by atoms with E-state index in [2.05, 4.69) is 21.2 Å². The summed E-state index contributed by atoms with van der Waals surface area (Å²) < 4.78 is 13.4. The molecule has 0 aromatic heterocycles. The molecule has 0 unspecified atom stereocenters. The van der Waals surface area contributed by atoms with Gasteiger partial charge in [-0.1, -0.05) is 12.8 Å². The normalized spacial score (nSPS) is 22.3. The quantitative estimate of drug-likeness (QED) is 0.883. The highest BCUT2D eigenvalue weighted by Crippen LogP contribution is 2.32. The van der Waals surface area contributed by atoms with Crippen LogP contribution >= 0.6 is 15.9 Å². The van der Waals surface area contributed by atoms with Gasteiger partial charge in [0, 0.05) is 4.47 Å². The van der Waals surface area contributed by atoms with E-state index in [9.17, 15) is 19.1 Å². The second kappa shape index (κ2) is 6.35. The largest absolute Gasteiger partial charge is 0.481 e. The number of aliphatic carboxylic acids is 1. The molecule has 20 heavy (non-hydrogen) atoms. The van der Waals surface area contributed by atoms with E-state index in [4.69, 9.17) is 0 Å². The molecule has 1 amide bonds. The molecule has 0 heterocycles. The van der Waals surface area contributed by atoms with Crippen LogP contribution in [0.2, 0.25) is 0 Å². The minimum absolute atomic E-state index is 0.315. The van der Waals surface area contributed by atoms with Crippen LogP contribution in [0.25, 0.3) is 0 Å². The van der Waals surface area contributed by atoms with Crippen molar-refractivity contribution in [1.82, 2.24) is 0 Å². The smallest absolute Gasteiger partial charge is 0.307 e. The van der Waals surface area contributed by atoms with Gasteiger partial charge in [0.2, 0.25) is 5.91 Å². The molecule has 0 radical (unpaired) electrons. The Morgan fingerprint density at radius 2 is 1.90 bits per heavy atom. The number of carbonyl (C=O) groups is 2. The van der Waals surface area contributed by atoms with E-state index >= 15 is 0 Å². The molecule has 6 heteroatoms. The van der Waals surface area contributed by atoms with Gasteiger partial charge in [-0.25, -0.2) is 4.39 Å². The van der Waals surface area contributed by atoms with Crippen molar-refractivity contribution in [3.05, 3.63) is 28.5 Å². The number of nitrogens with one attached hydrogen (secondary N) is 1. The maximum Gasteiger partial charge on any atom is 0.307 e. The van der Waals surface area contributed by atoms with E-state index in [1.807, 2.05) is 0 Å². The number of anilines is 1. The van der Waals surface area contributed by atoms with E-state index in [0.29, 0.717) is 23.0 Å². The molecule has 2 atom stereocenters. The third-order valence-electron chi connectivity index (χ3n) is 3.61. The lowest BCUT2D eigenvalue weighted by Gasteiger charge is -2.27. The Morgan fingerprint density at radius 1 is 1.25 bits per heavy atom. The summed E-state index contributed by atoms with van der Waals surface area (Å²) in [5.74, 6) is -2.82. The van der Waals surface area contributed by atoms with Gasteiger partial charge in [-0.05, 0) is 47.0 Å². The third-order valence-corrected chi connectivity index (χ3v) is 4.27. The summed E-state index contributed by atoms with van der Waals surface area (Å²) in [5, 5.41) is 11.9. The highest BCUT2D eigenvalue weighted by Gasteiger charge is 2.35. The zero-order valence-corrected chi connectivity index (χ0v) is 12.3. The number of carbonyl (C=O) groups excluding carboxylic acids is 1. The highest BCUT2D eigenvalue weighted by atomic mass is 79.9. The maximum atomic E-state index is 13.0. The Bertz CT molecular complexity index is 535. The summed E-state index contributed by atoms with van der Waals surface area (Å²) in [4.78, 5) is 23.4. The molecule has 1 fully saturated rings. The lowest BCUT2D eigenvalue weighted by Crippen LogP contribution is -2.36. The zero-order valence-electron chi connectivity index (χ0n) is 10.7. The number of rotatable bonds is 3. The fourth-order valence-electron chi connectivity index (χ4n) is 2.56. The fourth-order valence-corrected chi connectivity index (χ4v) is 3.01. The van der Waals surface area contributed by atoms with Crippen LogP contribution in [0, 0.1) is 17.7 Å². The molecule has 1 aromatic carbocycles. The van der Waals surface area contributed by atoms with Crippen LogP contribution in [0.5, 0.6) is 0 Å². The van der Waals surface area contributed by atoms with Gasteiger partial charge in [-0.15, -0.1) is 0 Å². The summed E-state index contributed by atoms with van der Waals surface area (Å²) in [7, 11) is 0. The first-order chi connectivity index (χ1) is 9.49. The van der Waals surface area contributed by atoms with E-state index in [-0.39, 0.29) is 5.91 Å². The van der Waals surface area contributed by atoms with Crippen LogP contribution in [0.15, 0.2) is 22.7 Å². The van der Waals surface area contributed by atoms with Gasteiger partial charge in [0.05, 0.1) is 17.5 Å². The average Bonchev–Trinajstić information content (AvgIpc) is 2.41. The van der Waals surface area contributed by atoms with Crippen LogP contribution in [0.3, 0.4) is 0 Å². The van der Waals surface area contributed by atoms with Crippen molar-refractivity contribution in [3.63, 3.8) is 0 Å². The van der Waals surface area contributed by atoms with Crippen LogP contribution < -0.4 is 5.32 Å². The number of hydrogen-bond acceptors (Lipinski definition) is 2. The van der Waals surface area contributed by atoms with Gasteiger partial charge in [-0.3, -0.25) is 9.59 Å². The Morgan fingerprint density at radius 3 is 2.50 bits per heavy atom. The summed E-state index contributed by atoms with van der Waals surface area (Å²) in [5.41, 5.74) is 0.450. The molecule has 1 saturated carbocycles. The van der Waals surface area contributed by atoms with E-state index in [1.54, 1.807) is 0 Å². The van der Waals surface area contributed by atoms with Crippen LogP contribution in [-0.2, 0) is 9.59 Å². The Kier molecular flexibility index (Phi) is 4.75. The van der Waals surface area contributed by atoms with Crippen molar-refractivity contribution >= 4 is 33.5 Å². The molecule has 4 nitrogen and oxygen atoms in total. The van der Waals surface area contributed by atoms with Gasteiger partial charge < -0.3 is 10.4 Å². The van der Waals surface area contributed by atoms with Gasteiger partial charge in [-0.2, -0.15) is 0 Å². The Hall–Kier alpha value is -1.43. The number of hydrogen-bond donors (Lipinski definition) is 2. The molecule has 0 spiro atoms. The molecule has 0 saturated heterocycles. The lowest BCUT2D eigenvalue weighted by atomic mass is 9.78. The SMILES string of the molecule is O=C(O)[C@H]1CCCC[C@H]1C(=O)Nc1ccc(F)cc1Br. The number of carboxylic acid groups (broad SMARTS) is 1. The monoisotopic (exact) mass is 343 g/mol. The summed E-state index contributed by atoms with van der Waals surface area (Å²) in [6.45, 7) is 0. The minimum Gasteiger partial charge on any atom is -0.481 e. The van der Waals surface area contributed by atoms with Crippen molar-refractivity contribution in [3.8, 4) is 0 Å². The zero-order chi connectivity index (χ0) is 14.7. The molecule has 2 N–H and O–H groups in total. The van der Waals surface area contributed by atoms with E-state index in [0.717, 1.165) is 12.8 Å². The predicted molar refractivity (Wildman–Crippen MR) is 75.8 cm³/mol.